The molecule has 8 heteroatoms. The van der Waals surface area contributed by atoms with Gasteiger partial charge in [0, 0.05) is 17.2 Å². The van der Waals surface area contributed by atoms with Crippen LogP contribution in [0.3, 0.4) is 0 Å². The number of hydrogen-bond donors (Lipinski definition) is 1. The molecule has 4 nitrogen and oxygen atoms in total. The molecule has 2 rings (SSSR count). The first kappa shape index (κ1) is 17.5. The van der Waals surface area contributed by atoms with Gasteiger partial charge in [-0.15, -0.1) is 21.5 Å². The van der Waals surface area contributed by atoms with E-state index in [0.717, 1.165) is 26.4 Å². The van der Waals surface area contributed by atoms with Crippen molar-refractivity contribution in [2.75, 3.05) is 18.1 Å². The number of thioether (sulfide) groups is 2. The van der Waals surface area contributed by atoms with Crippen molar-refractivity contribution >= 4 is 52.1 Å². The molecule has 0 aliphatic heterocycles. The van der Waals surface area contributed by atoms with Crippen molar-refractivity contribution in [2.24, 2.45) is 0 Å². The van der Waals surface area contributed by atoms with Gasteiger partial charge in [0.1, 0.15) is 0 Å². The fraction of sp³-hybridized carbons (Fsp3) is 0.357. The standard InChI is InChI=1S/C14H17N3OS4/c1-10(2)8-20-13-16-17-14(22-13)21-9-12(18)15-6-5-11-4-3-7-19-11/h3-4,7H,1,5-6,8-9H2,2H3,(H,15,18). The summed E-state index contributed by atoms with van der Waals surface area (Å²) in [6, 6.07) is 4.10. The fourth-order valence-electron chi connectivity index (χ4n) is 1.46. The summed E-state index contributed by atoms with van der Waals surface area (Å²) >= 11 is 6.30. The zero-order valence-corrected chi connectivity index (χ0v) is 15.5. The van der Waals surface area contributed by atoms with Crippen molar-refractivity contribution in [1.29, 1.82) is 0 Å². The smallest absolute Gasteiger partial charge is 0.230 e. The van der Waals surface area contributed by atoms with E-state index >= 15 is 0 Å². The molecule has 2 aromatic rings. The SMILES string of the molecule is C=C(C)CSc1nnc(SCC(=O)NCCc2cccs2)s1. The monoisotopic (exact) mass is 371 g/mol. The van der Waals surface area contributed by atoms with Gasteiger partial charge in [-0.05, 0) is 24.8 Å². The molecule has 0 atom stereocenters. The zero-order valence-electron chi connectivity index (χ0n) is 12.2. The van der Waals surface area contributed by atoms with Gasteiger partial charge < -0.3 is 5.32 Å². The molecule has 0 saturated carbocycles. The van der Waals surface area contributed by atoms with E-state index in [2.05, 4.69) is 28.2 Å². The Morgan fingerprint density at radius 3 is 2.68 bits per heavy atom. The summed E-state index contributed by atoms with van der Waals surface area (Å²) in [5.41, 5.74) is 1.11. The minimum absolute atomic E-state index is 0.0351. The van der Waals surface area contributed by atoms with Crippen molar-refractivity contribution in [1.82, 2.24) is 15.5 Å². The molecule has 2 aromatic heterocycles. The van der Waals surface area contributed by atoms with E-state index in [1.54, 1.807) is 23.1 Å². The average Bonchev–Trinajstić information content (AvgIpc) is 3.14. The lowest BCUT2D eigenvalue weighted by Gasteiger charge is -2.02. The molecule has 0 saturated heterocycles. The highest BCUT2D eigenvalue weighted by atomic mass is 32.2. The zero-order chi connectivity index (χ0) is 15.8. The van der Waals surface area contributed by atoms with Crippen LogP contribution in [-0.4, -0.2) is 34.2 Å². The Hall–Kier alpha value is -0.830. The Balaban J connectivity index is 1.64. The Kier molecular flexibility index (Phi) is 7.44. The van der Waals surface area contributed by atoms with Gasteiger partial charge in [-0.2, -0.15) is 0 Å². The van der Waals surface area contributed by atoms with Crippen molar-refractivity contribution in [3.8, 4) is 0 Å². The normalized spacial score (nSPS) is 10.6. The van der Waals surface area contributed by atoms with Crippen LogP contribution in [0.15, 0.2) is 38.3 Å². The van der Waals surface area contributed by atoms with Crippen molar-refractivity contribution in [2.45, 2.75) is 22.0 Å². The molecule has 0 bridgehead atoms. The molecular formula is C14H17N3OS4. The molecule has 1 N–H and O–H groups in total. The number of nitrogens with zero attached hydrogens (tertiary/aromatic N) is 2. The molecular weight excluding hydrogens is 354 g/mol. The van der Waals surface area contributed by atoms with E-state index in [9.17, 15) is 4.79 Å². The molecule has 0 aromatic carbocycles. The van der Waals surface area contributed by atoms with Gasteiger partial charge in [-0.25, -0.2) is 0 Å². The largest absolute Gasteiger partial charge is 0.355 e. The predicted molar refractivity (Wildman–Crippen MR) is 97.2 cm³/mol. The lowest BCUT2D eigenvalue weighted by Crippen LogP contribution is -2.27. The summed E-state index contributed by atoms with van der Waals surface area (Å²) in [4.78, 5) is 13.1. The second-order valence-electron chi connectivity index (χ2n) is 4.55. The molecule has 0 unspecified atom stereocenters. The van der Waals surface area contributed by atoms with Gasteiger partial charge in [-0.3, -0.25) is 4.79 Å². The number of thiophene rings is 1. The van der Waals surface area contributed by atoms with Gasteiger partial charge in [0.2, 0.25) is 5.91 Å². The number of nitrogens with one attached hydrogen (secondary N) is 1. The van der Waals surface area contributed by atoms with E-state index in [1.807, 2.05) is 18.4 Å². The Morgan fingerprint density at radius 2 is 2.05 bits per heavy atom. The molecule has 0 radical (unpaired) electrons. The van der Waals surface area contributed by atoms with Crippen molar-refractivity contribution in [3.05, 3.63) is 34.5 Å². The van der Waals surface area contributed by atoms with Crippen LogP contribution in [0.1, 0.15) is 11.8 Å². The lowest BCUT2D eigenvalue weighted by atomic mass is 10.3. The van der Waals surface area contributed by atoms with Crippen molar-refractivity contribution < 1.29 is 4.79 Å². The van der Waals surface area contributed by atoms with E-state index in [4.69, 9.17) is 0 Å². The maximum atomic E-state index is 11.8. The molecule has 22 heavy (non-hydrogen) atoms. The lowest BCUT2D eigenvalue weighted by molar-refractivity contribution is -0.118. The second kappa shape index (κ2) is 9.34. The minimum atomic E-state index is 0.0351. The van der Waals surface area contributed by atoms with Crippen LogP contribution in [-0.2, 0) is 11.2 Å². The summed E-state index contributed by atoms with van der Waals surface area (Å²) in [7, 11) is 0. The van der Waals surface area contributed by atoms with E-state index in [1.165, 1.54) is 28.0 Å². The van der Waals surface area contributed by atoms with E-state index in [0.29, 0.717) is 12.3 Å². The maximum Gasteiger partial charge on any atom is 0.230 e. The number of rotatable bonds is 9. The van der Waals surface area contributed by atoms with Crippen LogP contribution in [0.25, 0.3) is 0 Å². The van der Waals surface area contributed by atoms with Crippen LogP contribution in [0.5, 0.6) is 0 Å². The third-order valence-electron chi connectivity index (χ3n) is 2.43. The number of aromatic nitrogens is 2. The molecule has 0 spiro atoms. The van der Waals surface area contributed by atoms with E-state index in [-0.39, 0.29) is 5.91 Å². The highest BCUT2D eigenvalue weighted by molar-refractivity contribution is 8.03. The Labute approximate surface area is 146 Å². The number of carbonyl (C=O) groups is 1. The highest BCUT2D eigenvalue weighted by Gasteiger charge is 2.08. The summed E-state index contributed by atoms with van der Waals surface area (Å²) < 4.78 is 1.75. The first-order valence-electron chi connectivity index (χ1n) is 6.66. The maximum absolute atomic E-state index is 11.8. The second-order valence-corrected chi connectivity index (χ2v) is 9.00. The Morgan fingerprint density at radius 1 is 1.32 bits per heavy atom. The summed E-state index contributed by atoms with van der Waals surface area (Å²) in [5, 5.41) is 13.2. The van der Waals surface area contributed by atoms with Crippen LogP contribution in [0.2, 0.25) is 0 Å². The van der Waals surface area contributed by atoms with E-state index < -0.39 is 0 Å². The van der Waals surface area contributed by atoms with Gasteiger partial charge in [0.05, 0.1) is 5.75 Å². The number of amides is 1. The minimum Gasteiger partial charge on any atom is -0.355 e. The quantitative estimate of drug-likeness (QED) is 0.538. The topological polar surface area (TPSA) is 54.9 Å². The third kappa shape index (κ3) is 6.51. The predicted octanol–water partition coefficient (Wildman–Crippen LogP) is 3.72. The fourth-order valence-corrected chi connectivity index (χ4v) is 4.86. The Bertz CT molecular complexity index is 609. The van der Waals surface area contributed by atoms with Crippen LogP contribution in [0, 0.1) is 0 Å². The summed E-state index contributed by atoms with van der Waals surface area (Å²) in [6.07, 6.45) is 0.884. The van der Waals surface area contributed by atoms with Gasteiger partial charge >= 0.3 is 0 Å². The van der Waals surface area contributed by atoms with Crippen LogP contribution < -0.4 is 5.32 Å². The van der Waals surface area contributed by atoms with Gasteiger partial charge in [0.25, 0.3) is 0 Å². The molecule has 0 aliphatic carbocycles. The first-order valence-corrected chi connectivity index (χ1v) is 10.3. The molecule has 0 aliphatic rings. The average molecular weight is 372 g/mol. The number of hydrogen-bond acceptors (Lipinski definition) is 7. The summed E-state index contributed by atoms with van der Waals surface area (Å²) in [5.74, 6) is 1.26. The third-order valence-corrected chi connectivity index (χ3v) is 6.79. The van der Waals surface area contributed by atoms with Gasteiger partial charge in [-0.1, -0.05) is 53.1 Å². The molecule has 118 valence electrons. The van der Waals surface area contributed by atoms with Gasteiger partial charge in [0.15, 0.2) is 8.68 Å². The van der Waals surface area contributed by atoms with Crippen molar-refractivity contribution in [3.63, 3.8) is 0 Å². The highest BCUT2D eigenvalue weighted by Crippen LogP contribution is 2.29. The number of carbonyl (C=O) groups excluding carboxylic acids is 1. The molecule has 1 amide bonds. The molecule has 0 fully saturated rings. The van der Waals surface area contributed by atoms with Crippen LogP contribution >= 0.6 is 46.2 Å². The van der Waals surface area contributed by atoms with Crippen LogP contribution in [0.4, 0.5) is 0 Å². The molecule has 2 heterocycles. The summed E-state index contributed by atoms with van der Waals surface area (Å²) in [6.45, 7) is 6.53. The first-order chi connectivity index (χ1) is 10.6.